The number of aromatic amines is 1. The number of nitrogens with zero attached hydrogens (tertiary/aromatic N) is 2. The van der Waals surface area contributed by atoms with E-state index in [9.17, 15) is 53.4 Å². The Hall–Kier alpha value is -8.38. The molecule has 3 aromatic carbocycles. The summed E-state index contributed by atoms with van der Waals surface area (Å²) in [7, 11) is 0. The van der Waals surface area contributed by atoms with Crippen LogP contribution in [0.2, 0.25) is 0 Å². The van der Waals surface area contributed by atoms with Gasteiger partial charge in [0.15, 0.2) is 0 Å². The van der Waals surface area contributed by atoms with Crippen molar-refractivity contribution in [2.45, 2.75) is 153 Å². The van der Waals surface area contributed by atoms with Crippen molar-refractivity contribution in [3.05, 3.63) is 95.7 Å². The fourth-order valence-electron chi connectivity index (χ4n) is 10.1. The molecule has 6 rings (SSSR count). The molecule has 0 spiro atoms. The van der Waals surface area contributed by atoms with Gasteiger partial charge in [0.1, 0.15) is 53.8 Å². The zero-order chi connectivity index (χ0) is 59.9. The van der Waals surface area contributed by atoms with Crippen molar-refractivity contribution in [2.24, 2.45) is 29.0 Å². The number of likely N-dealkylation sites (tertiary alicyclic amines) is 1. The number of benzene rings is 3. The predicted molar refractivity (Wildman–Crippen MR) is 302 cm³/mol. The lowest BCUT2D eigenvalue weighted by molar-refractivity contribution is -0.156. The number of carbonyl (C=O) groups is 10. The Kier molecular flexibility index (Phi) is 22.1. The summed E-state index contributed by atoms with van der Waals surface area (Å²) in [5.41, 5.74) is 20.0. The first-order chi connectivity index (χ1) is 38.9. The second-order valence-electron chi connectivity index (χ2n) is 22.1. The Balaban J connectivity index is 1.28. The minimum Gasteiger partial charge on any atom is -0.508 e. The van der Waals surface area contributed by atoms with Crippen LogP contribution in [0.4, 0.5) is 0 Å². The first-order valence-corrected chi connectivity index (χ1v) is 27.8. The topological polar surface area (TPSA) is 384 Å². The average Bonchev–Trinajstić information content (AvgIpc) is 4.20. The highest BCUT2D eigenvalue weighted by molar-refractivity contribution is 6.06. The van der Waals surface area contributed by atoms with Gasteiger partial charge >= 0.3 is 0 Å². The van der Waals surface area contributed by atoms with Gasteiger partial charge < -0.3 is 69.2 Å². The standard InChI is InChI=1S/C58H78N12O12/c1-31(2)25-44(50(61)74)66-54(78)47-11-8-24-69(47)56(80)46(26-32(3)4)68-51(75)33(5)64-55(79)48(28-35-14-18-38(72)19-15-35)70(57(81)42-22-23-62-42)58(82)43(20-21-49(60)73)65-53(77)45(27-34-12-16-37(71)17-13-34)67-52(76)40(59)29-36-30-63-41-10-7-6-9-39(36)41/h6-7,9-10,12-19,30-33,40,42-48,62-63,71-72H,8,11,20-29,59H2,1-5H3,(H2,60,73)(H2,61,74)(H,64,79)(H,65,77)(H,66,78)(H,67,76)(H,68,75)/t33-,40-,42?,43-,44-,45-,46-,47-,48-/m0/s1. The second kappa shape index (κ2) is 28.9. The van der Waals surface area contributed by atoms with Crippen LogP contribution in [0.3, 0.4) is 0 Å². The van der Waals surface area contributed by atoms with Crippen molar-refractivity contribution in [2.75, 3.05) is 13.1 Å². The molecule has 24 heteroatoms. The highest BCUT2D eigenvalue weighted by Gasteiger charge is 2.45. The summed E-state index contributed by atoms with van der Waals surface area (Å²) in [6, 6.07) is 7.08. The molecule has 82 heavy (non-hydrogen) atoms. The van der Waals surface area contributed by atoms with Crippen LogP contribution < -0.4 is 49.1 Å². The SMILES string of the molecule is CC(C)C[C@H](NC(=O)[C@@H]1CCCN1C(=O)[C@H](CC(C)C)NC(=O)[C@H](C)NC(=O)[C@H](Cc1ccc(O)cc1)N(C(=O)C1CCN1)C(=O)[C@H](CCC(N)=O)NC(=O)[C@H](Cc1ccc(O)cc1)NC(=O)[C@@H](N)Cc1c[nH]c2ccccc12)C(N)=O. The molecular weight excluding hydrogens is 1060 g/mol. The molecule has 3 heterocycles. The van der Waals surface area contributed by atoms with Gasteiger partial charge in [0.2, 0.25) is 53.2 Å². The fraction of sp³-hybridized carbons (Fsp3) is 0.483. The van der Waals surface area contributed by atoms with Crippen LogP contribution in [0, 0.1) is 11.8 Å². The van der Waals surface area contributed by atoms with E-state index in [1.165, 1.54) is 60.4 Å². The van der Waals surface area contributed by atoms with E-state index in [1.807, 2.05) is 52.0 Å². The normalized spacial score (nSPS) is 17.5. The predicted octanol–water partition coefficient (Wildman–Crippen LogP) is 0.298. The molecule has 1 aromatic heterocycles. The van der Waals surface area contributed by atoms with Crippen molar-refractivity contribution in [1.29, 1.82) is 0 Å². The Labute approximate surface area is 475 Å². The molecule has 2 aliphatic rings. The molecule has 15 N–H and O–H groups in total. The molecule has 2 aliphatic heterocycles. The van der Waals surface area contributed by atoms with Gasteiger partial charge in [-0.05, 0) is 117 Å². The highest BCUT2D eigenvalue weighted by atomic mass is 16.3. The molecular formula is C58H78N12O12. The first-order valence-electron chi connectivity index (χ1n) is 27.8. The fourth-order valence-corrected chi connectivity index (χ4v) is 10.1. The molecule has 0 bridgehead atoms. The van der Waals surface area contributed by atoms with E-state index in [-0.39, 0.29) is 68.4 Å². The molecule has 2 saturated heterocycles. The number of para-hydroxylation sites is 1. The van der Waals surface area contributed by atoms with Crippen LogP contribution >= 0.6 is 0 Å². The quantitative estimate of drug-likeness (QED) is 0.0364. The molecule has 0 radical (unpaired) electrons. The number of hydrogen-bond donors (Lipinski definition) is 12. The molecule has 1 unspecified atom stereocenters. The molecule has 4 aromatic rings. The molecule has 442 valence electrons. The lowest BCUT2D eigenvalue weighted by atomic mass is 9.97. The number of imide groups is 1. The van der Waals surface area contributed by atoms with Crippen molar-refractivity contribution in [1.82, 2.24) is 46.7 Å². The number of fused-ring (bicyclic) bond motifs is 1. The van der Waals surface area contributed by atoms with Gasteiger partial charge in [0, 0.05) is 42.9 Å². The largest absolute Gasteiger partial charge is 0.508 e. The number of amides is 10. The van der Waals surface area contributed by atoms with Crippen LogP contribution in [0.15, 0.2) is 79.0 Å². The minimum atomic E-state index is -1.78. The Morgan fingerprint density at radius 3 is 1.84 bits per heavy atom. The van der Waals surface area contributed by atoms with E-state index in [4.69, 9.17) is 17.2 Å². The van der Waals surface area contributed by atoms with Crippen LogP contribution in [0.1, 0.15) is 96.3 Å². The number of primary amides is 2. The van der Waals surface area contributed by atoms with Gasteiger partial charge in [0.05, 0.1) is 12.1 Å². The number of hydrogen-bond acceptors (Lipinski definition) is 14. The summed E-state index contributed by atoms with van der Waals surface area (Å²) < 4.78 is 0. The van der Waals surface area contributed by atoms with Crippen LogP contribution in [-0.4, -0.2) is 152 Å². The van der Waals surface area contributed by atoms with E-state index in [2.05, 4.69) is 36.9 Å². The lowest BCUT2D eigenvalue weighted by Crippen LogP contribution is -2.66. The van der Waals surface area contributed by atoms with E-state index in [0.717, 1.165) is 16.5 Å². The van der Waals surface area contributed by atoms with Crippen LogP contribution in [0.5, 0.6) is 11.5 Å². The number of carbonyl (C=O) groups excluding carboxylic acids is 10. The maximum atomic E-state index is 15.4. The monoisotopic (exact) mass is 1130 g/mol. The Bertz CT molecular complexity index is 2940. The lowest BCUT2D eigenvalue weighted by Gasteiger charge is -2.38. The van der Waals surface area contributed by atoms with Gasteiger partial charge in [-0.1, -0.05) is 70.2 Å². The summed E-state index contributed by atoms with van der Waals surface area (Å²) in [6.45, 7) is 9.29. The zero-order valence-electron chi connectivity index (χ0n) is 46.9. The molecule has 2 fully saturated rings. The maximum Gasteiger partial charge on any atom is 0.252 e. The smallest absolute Gasteiger partial charge is 0.252 e. The number of nitrogens with one attached hydrogen (secondary N) is 7. The molecule has 10 amide bonds. The third-order valence-electron chi connectivity index (χ3n) is 14.6. The van der Waals surface area contributed by atoms with Crippen molar-refractivity contribution >= 4 is 70.0 Å². The van der Waals surface area contributed by atoms with E-state index >= 15 is 4.79 Å². The number of aromatic nitrogens is 1. The van der Waals surface area contributed by atoms with Crippen molar-refractivity contribution < 1.29 is 58.2 Å². The van der Waals surface area contributed by atoms with Gasteiger partial charge in [-0.2, -0.15) is 0 Å². The number of phenols is 2. The summed E-state index contributed by atoms with van der Waals surface area (Å²) in [4.78, 5) is 146. The van der Waals surface area contributed by atoms with Gasteiger partial charge in [-0.15, -0.1) is 0 Å². The number of phenolic OH excluding ortho intramolecular Hbond substituents is 2. The summed E-state index contributed by atoms with van der Waals surface area (Å²) in [5.74, 6) is -8.64. The molecule has 24 nitrogen and oxygen atoms in total. The Morgan fingerprint density at radius 2 is 1.26 bits per heavy atom. The minimum absolute atomic E-state index is 0.0232. The van der Waals surface area contributed by atoms with Gasteiger partial charge in [-0.25, -0.2) is 0 Å². The molecule has 0 aliphatic carbocycles. The summed E-state index contributed by atoms with van der Waals surface area (Å²) in [5, 5.41) is 37.4. The van der Waals surface area contributed by atoms with Gasteiger partial charge in [-0.3, -0.25) is 52.8 Å². The van der Waals surface area contributed by atoms with Gasteiger partial charge in [0.25, 0.3) is 5.91 Å². The second-order valence-corrected chi connectivity index (χ2v) is 22.1. The zero-order valence-corrected chi connectivity index (χ0v) is 46.9. The average molecular weight is 1140 g/mol. The number of nitrogens with two attached hydrogens (primary N) is 3. The number of aromatic hydroxyl groups is 2. The molecule has 9 atom stereocenters. The molecule has 0 saturated carbocycles. The van der Waals surface area contributed by atoms with E-state index < -0.39 is 133 Å². The Morgan fingerprint density at radius 1 is 0.671 bits per heavy atom. The third-order valence-corrected chi connectivity index (χ3v) is 14.6. The first kappa shape index (κ1) is 62.8. The number of rotatable bonds is 28. The van der Waals surface area contributed by atoms with Crippen molar-refractivity contribution in [3.8, 4) is 11.5 Å². The highest BCUT2D eigenvalue weighted by Crippen LogP contribution is 2.24. The van der Waals surface area contributed by atoms with Crippen LogP contribution in [0.25, 0.3) is 10.9 Å². The van der Waals surface area contributed by atoms with Crippen LogP contribution in [-0.2, 0) is 67.2 Å². The van der Waals surface area contributed by atoms with E-state index in [1.54, 1.807) is 6.20 Å². The third kappa shape index (κ3) is 17.1. The maximum absolute atomic E-state index is 15.4. The summed E-state index contributed by atoms with van der Waals surface area (Å²) >= 11 is 0. The number of H-pyrrole nitrogens is 1. The van der Waals surface area contributed by atoms with Crippen molar-refractivity contribution in [3.63, 3.8) is 0 Å². The van der Waals surface area contributed by atoms with E-state index in [0.29, 0.717) is 29.0 Å². The summed E-state index contributed by atoms with van der Waals surface area (Å²) in [6.07, 6.45) is 1.62.